The number of aryl methyl sites for hydroxylation is 1. The van der Waals surface area contributed by atoms with Gasteiger partial charge >= 0.3 is 0 Å². The van der Waals surface area contributed by atoms with Crippen molar-refractivity contribution >= 4 is 44.0 Å². The van der Waals surface area contributed by atoms with Crippen LogP contribution in [0.2, 0.25) is 0 Å². The molecule has 1 heterocycles. The van der Waals surface area contributed by atoms with Gasteiger partial charge in [-0.15, -0.1) is 0 Å². The highest BCUT2D eigenvalue weighted by atomic mass is 127. The van der Waals surface area contributed by atoms with Crippen LogP contribution >= 0.6 is 33.9 Å². The molecule has 0 radical (unpaired) electrons. The van der Waals surface area contributed by atoms with Crippen molar-refractivity contribution in [3.63, 3.8) is 0 Å². The average Bonchev–Trinajstić information content (AvgIpc) is 2.55. The summed E-state index contributed by atoms with van der Waals surface area (Å²) < 4.78 is 7.87. The van der Waals surface area contributed by atoms with Crippen LogP contribution in [0.3, 0.4) is 0 Å². The summed E-state index contributed by atoms with van der Waals surface area (Å²) in [7, 11) is 1.73. The normalized spacial score (nSPS) is 10.8. The van der Waals surface area contributed by atoms with Gasteiger partial charge in [0, 0.05) is 10.1 Å². The fourth-order valence-electron chi connectivity index (χ4n) is 1.44. The van der Waals surface area contributed by atoms with Crippen molar-refractivity contribution in [2.75, 3.05) is 7.11 Å². The predicted molar refractivity (Wildman–Crippen MR) is 70.5 cm³/mol. The van der Waals surface area contributed by atoms with Gasteiger partial charge in [0.05, 0.1) is 10.7 Å². The quantitative estimate of drug-likeness (QED) is 0.758. The molecule has 2 rings (SSSR count). The van der Waals surface area contributed by atoms with Crippen LogP contribution < -0.4 is 4.74 Å². The van der Waals surface area contributed by atoms with Gasteiger partial charge in [0.25, 0.3) is 0 Å². The molecule has 0 atom stereocenters. The molecule has 0 saturated carbocycles. The molecule has 74 valence electrons. The van der Waals surface area contributed by atoms with Gasteiger partial charge < -0.3 is 4.74 Å². The monoisotopic (exact) mass is 318 g/mol. The maximum absolute atomic E-state index is 5.31. The van der Waals surface area contributed by atoms with Gasteiger partial charge in [0.15, 0.2) is 5.06 Å². The predicted octanol–water partition coefficient (Wildman–Crippen LogP) is 4.08. The lowest BCUT2D eigenvalue weighted by Crippen LogP contribution is -1.79. The van der Waals surface area contributed by atoms with E-state index in [-0.39, 0.29) is 0 Å². The maximum atomic E-state index is 5.31. The summed E-state index contributed by atoms with van der Waals surface area (Å²) in [5, 5.41) is 2.33. The Labute approximate surface area is 101 Å². The van der Waals surface area contributed by atoms with E-state index in [9.17, 15) is 0 Å². The Morgan fingerprint density at radius 1 is 1.43 bits per heavy atom. The molecule has 0 aliphatic heterocycles. The summed E-state index contributed by atoms with van der Waals surface area (Å²) in [6, 6.07) is 6.64. The number of thiophene rings is 1. The summed E-state index contributed by atoms with van der Waals surface area (Å²) in [5.74, 6) is 0. The second-order valence-electron chi connectivity index (χ2n) is 3.09. The van der Waals surface area contributed by atoms with E-state index in [1.807, 2.05) is 0 Å². The molecule has 0 amide bonds. The second kappa shape index (κ2) is 4.06. The first kappa shape index (κ1) is 10.2. The molecule has 1 aromatic heterocycles. The number of benzene rings is 1. The Morgan fingerprint density at radius 2 is 2.21 bits per heavy atom. The minimum Gasteiger partial charge on any atom is -0.486 e. The number of hydrogen-bond donors (Lipinski definition) is 0. The van der Waals surface area contributed by atoms with Crippen molar-refractivity contribution in [2.24, 2.45) is 0 Å². The maximum Gasteiger partial charge on any atom is 0.188 e. The summed E-state index contributed by atoms with van der Waals surface area (Å²) in [4.78, 5) is 0. The lowest BCUT2D eigenvalue weighted by atomic mass is 10.1. The molecule has 0 aliphatic carbocycles. The van der Waals surface area contributed by atoms with Crippen LogP contribution in [-0.4, -0.2) is 7.11 Å². The number of rotatable bonds is 2. The number of hydrogen-bond acceptors (Lipinski definition) is 2. The molecule has 0 fully saturated rings. The SMILES string of the molecule is CCc1ccc2c(I)c(OC)sc2c1. The first-order valence-electron chi connectivity index (χ1n) is 4.51. The van der Waals surface area contributed by atoms with E-state index in [0.717, 1.165) is 11.5 Å². The summed E-state index contributed by atoms with van der Waals surface area (Å²) in [6.07, 6.45) is 1.09. The lowest BCUT2D eigenvalue weighted by molar-refractivity contribution is 0.425. The molecular formula is C11H11IOS. The van der Waals surface area contributed by atoms with Crippen LogP contribution in [0.15, 0.2) is 18.2 Å². The smallest absolute Gasteiger partial charge is 0.188 e. The lowest BCUT2D eigenvalue weighted by Gasteiger charge is -1.95. The van der Waals surface area contributed by atoms with Crippen LogP contribution in [0.4, 0.5) is 0 Å². The van der Waals surface area contributed by atoms with E-state index >= 15 is 0 Å². The first-order valence-corrected chi connectivity index (χ1v) is 6.40. The molecule has 14 heavy (non-hydrogen) atoms. The first-order chi connectivity index (χ1) is 6.76. The van der Waals surface area contributed by atoms with Gasteiger partial charge in [-0.2, -0.15) is 0 Å². The fraction of sp³-hybridized carbons (Fsp3) is 0.273. The van der Waals surface area contributed by atoms with Gasteiger partial charge in [0.2, 0.25) is 0 Å². The molecule has 0 unspecified atom stereocenters. The topological polar surface area (TPSA) is 9.23 Å². The number of fused-ring (bicyclic) bond motifs is 1. The van der Waals surface area contributed by atoms with Crippen molar-refractivity contribution in [3.05, 3.63) is 27.3 Å². The van der Waals surface area contributed by atoms with Gasteiger partial charge in [-0.3, -0.25) is 0 Å². The van der Waals surface area contributed by atoms with Crippen LogP contribution in [0.5, 0.6) is 5.06 Å². The van der Waals surface area contributed by atoms with Gasteiger partial charge in [-0.25, -0.2) is 0 Å². The Balaban J connectivity index is 2.66. The summed E-state index contributed by atoms with van der Waals surface area (Å²) >= 11 is 4.07. The third kappa shape index (κ3) is 1.63. The zero-order chi connectivity index (χ0) is 10.1. The van der Waals surface area contributed by atoms with E-state index in [1.54, 1.807) is 18.4 Å². The molecule has 1 nitrogen and oxygen atoms in total. The summed E-state index contributed by atoms with van der Waals surface area (Å²) in [5.41, 5.74) is 1.39. The zero-order valence-electron chi connectivity index (χ0n) is 8.13. The fourth-order valence-corrected chi connectivity index (χ4v) is 3.62. The average molecular weight is 318 g/mol. The van der Waals surface area contributed by atoms with Crippen LogP contribution in [0.25, 0.3) is 10.1 Å². The number of halogens is 1. The zero-order valence-corrected chi connectivity index (χ0v) is 11.1. The molecule has 2 aromatic rings. The van der Waals surface area contributed by atoms with E-state index in [2.05, 4.69) is 47.7 Å². The Morgan fingerprint density at radius 3 is 2.86 bits per heavy atom. The van der Waals surface area contributed by atoms with Crippen LogP contribution in [0, 0.1) is 3.57 Å². The minimum absolute atomic E-state index is 1.02. The molecule has 0 spiro atoms. The summed E-state index contributed by atoms with van der Waals surface area (Å²) in [6.45, 7) is 2.18. The van der Waals surface area contributed by atoms with Crippen molar-refractivity contribution < 1.29 is 4.74 Å². The third-order valence-corrected chi connectivity index (χ3v) is 4.81. The highest BCUT2D eigenvalue weighted by Gasteiger charge is 2.09. The van der Waals surface area contributed by atoms with Gasteiger partial charge in [0.1, 0.15) is 0 Å². The Hall–Kier alpha value is -0.290. The van der Waals surface area contributed by atoms with Crippen molar-refractivity contribution in [3.8, 4) is 5.06 Å². The Bertz CT molecular complexity index is 462. The third-order valence-electron chi connectivity index (χ3n) is 2.26. The van der Waals surface area contributed by atoms with E-state index in [0.29, 0.717) is 0 Å². The molecule has 0 aliphatic rings. The molecule has 0 bridgehead atoms. The second-order valence-corrected chi connectivity index (χ2v) is 5.19. The largest absolute Gasteiger partial charge is 0.486 e. The standard InChI is InChI=1S/C11H11IOS/c1-3-7-4-5-8-9(6-7)14-11(13-2)10(8)12/h4-6H,3H2,1-2H3. The van der Waals surface area contributed by atoms with E-state index < -0.39 is 0 Å². The number of methoxy groups -OCH3 is 1. The van der Waals surface area contributed by atoms with E-state index in [1.165, 1.54) is 19.2 Å². The van der Waals surface area contributed by atoms with Crippen molar-refractivity contribution in [1.29, 1.82) is 0 Å². The highest BCUT2D eigenvalue weighted by molar-refractivity contribution is 14.1. The van der Waals surface area contributed by atoms with E-state index in [4.69, 9.17) is 4.74 Å². The molecular weight excluding hydrogens is 307 g/mol. The van der Waals surface area contributed by atoms with Crippen molar-refractivity contribution in [2.45, 2.75) is 13.3 Å². The molecule has 0 saturated heterocycles. The number of ether oxygens (including phenoxy) is 1. The van der Waals surface area contributed by atoms with Gasteiger partial charge in [-0.05, 0) is 40.6 Å². The van der Waals surface area contributed by atoms with Crippen LogP contribution in [0.1, 0.15) is 12.5 Å². The van der Waals surface area contributed by atoms with Crippen LogP contribution in [-0.2, 0) is 6.42 Å². The van der Waals surface area contributed by atoms with Crippen molar-refractivity contribution in [1.82, 2.24) is 0 Å². The minimum atomic E-state index is 1.02. The Kier molecular flexibility index (Phi) is 2.97. The molecule has 3 heteroatoms. The molecule has 0 N–H and O–H groups in total. The van der Waals surface area contributed by atoms with Gasteiger partial charge in [-0.1, -0.05) is 30.4 Å². The highest BCUT2D eigenvalue weighted by Crippen LogP contribution is 2.38. The molecule has 1 aromatic carbocycles.